The number of fused-ring (bicyclic) bond motifs is 1. The number of amides is 3. The van der Waals surface area contributed by atoms with Crippen LogP contribution in [0.4, 0.5) is 0 Å². The van der Waals surface area contributed by atoms with Gasteiger partial charge in [0, 0.05) is 24.9 Å². The van der Waals surface area contributed by atoms with E-state index < -0.39 is 52.6 Å². The van der Waals surface area contributed by atoms with Crippen LogP contribution >= 0.6 is 0 Å². The van der Waals surface area contributed by atoms with Gasteiger partial charge in [-0.1, -0.05) is 53.7 Å². The van der Waals surface area contributed by atoms with Crippen LogP contribution in [0.5, 0.6) is 0 Å². The molecule has 10 nitrogen and oxygen atoms in total. The summed E-state index contributed by atoms with van der Waals surface area (Å²) >= 11 is 0. The summed E-state index contributed by atoms with van der Waals surface area (Å²) in [4.78, 5) is 61.5. The fraction of sp³-hybridized carbons (Fsp3) is 0.615. The molecule has 36 heavy (non-hydrogen) atoms. The van der Waals surface area contributed by atoms with Crippen molar-refractivity contribution in [2.75, 3.05) is 6.54 Å². The Labute approximate surface area is 211 Å². The van der Waals surface area contributed by atoms with E-state index in [1.165, 1.54) is 23.5 Å². The van der Waals surface area contributed by atoms with Crippen molar-refractivity contribution in [1.82, 2.24) is 25.5 Å². The molecular weight excluding hydrogens is 462 g/mol. The summed E-state index contributed by atoms with van der Waals surface area (Å²) in [6, 6.07) is -2.95. The highest BCUT2D eigenvalue weighted by molar-refractivity contribution is 5.98. The quantitative estimate of drug-likeness (QED) is 0.509. The number of likely N-dealkylation sites (tertiary alicyclic amines) is 1. The van der Waals surface area contributed by atoms with Gasteiger partial charge in [0.1, 0.15) is 23.8 Å². The van der Waals surface area contributed by atoms with E-state index in [0.29, 0.717) is 6.42 Å². The van der Waals surface area contributed by atoms with Gasteiger partial charge in [0.2, 0.25) is 11.8 Å². The Kier molecular flexibility index (Phi) is 7.57. The maximum Gasteiger partial charge on any atom is 0.326 e. The van der Waals surface area contributed by atoms with Crippen molar-refractivity contribution in [3.8, 4) is 0 Å². The first-order chi connectivity index (χ1) is 16.6. The number of carboxylic acids is 1. The number of nitrogens with zero attached hydrogens (tertiary/aromatic N) is 3. The molecule has 2 heterocycles. The summed E-state index contributed by atoms with van der Waals surface area (Å²) in [5, 5.41) is 15.5. The minimum Gasteiger partial charge on any atom is -0.480 e. The van der Waals surface area contributed by atoms with Crippen molar-refractivity contribution < 1.29 is 24.3 Å². The van der Waals surface area contributed by atoms with Crippen molar-refractivity contribution in [2.24, 2.45) is 22.7 Å². The van der Waals surface area contributed by atoms with Gasteiger partial charge in [-0.2, -0.15) is 0 Å². The summed E-state index contributed by atoms with van der Waals surface area (Å²) in [7, 11) is 0. The SMILES string of the molecule is C=C1CC[C@H]2[C@@H]1CN(C(=O)[C@@H](NC(=O)[C@@H](NC(=O)c1cnccn1)C(C)(C)C)C(C)(C)C)[C@@H]2C(=O)O. The zero-order chi connectivity index (χ0) is 27.0. The summed E-state index contributed by atoms with van der Waals surface area (Å²) in [6.45, 7) is 15.2. The van der Waals surface area contributed by atoms with E-state index in [4.69, 9.17) is 0 Å². The normalized spacial score (nSPS) is 23.6. The van der Waals surface area contributed by atoms with Gasteiger partial charge in [-0.15, -0.1) is 0 Å². The second-order valence-electron chi connectivity index (χ2n) is 11.9. The number of nitrogens with one attached hydrogen (secondary N) is 2. The average Bonchev–Trinajstić information content (AvgIpc) is 3.33. The number of carbonyl (C=O) groups excluding carboxylic acids is 3. The van der Waals surface area contributed by atoms with Crippen molar-refractivity contribution >= 4 is 23.7 Å². The number of aromatic nitrogens is 2. The molecule has 1 aliphatic carbocycles. The lowest BCUT2D eigenvalue weighted by atomic mass is 9.83. The Hall–Kier alpha value is -3.30. The molecule has 2 fully saturated rings. The molecule has 1 saturated heterocycles. The van der Waals surface area contributed by atoms with Crippen molar-refractivity contribution in [1.29, 1.82) is 0 Å². The van der Waals surface area contributed by atoms with Crippen LogP contribution in [-0.2, 0) is 14.4 Å². The molecule has 0 bridgehead atoms. The molecule has 10 heteroatoms. The average molecular weight is 500 g/mol. The van der Waals surface area contributed by atoms with E-state index >= 15 is 0 Å². The summed E-state index contributed by atoms with van der Waals surface area (Å²) in [5.74, 6) is -2.83. The number of carboxylic acid groups (broad SMARTS) is 1. The highest BCUT2D eigenvalue weighted by Crippen LogP contribution is 2.45. The van der Waals surface area contributed by atoms with E-state index in [0.717, 1.165) is 12.0 Å². The maximum atomic E-state index is 13.8. The first-order valence-corrected chi connectivity index (χ1v) is 12.2. The van der Waals surface area contributed by atoms with Gasteiger partial charge in [-0.3, -0.25) is 19.4 Å². The van der Waals surface area contributed by atoms with E-state index in [9.17, 15) is 24.3 Å². The van der Waals surface area contributed by atoms with E-state index in [2.05, 4.69) is 27.2 Å². The zero-order valence-corrected chi connectivity index (χ0v) is 21.9. The molecule has 5 atom stereocenters. The third-order valence-corrected chi connectivity index (χ3v) is 7.11. The van der Waals surface area contributed by atoms with Gasteiger partial charge >= 0.3 is 5.97 Å². The smallest absolute Gasteiger partial charge is 0.326 e. The lowest BCUT2D eigenvalue weighted by Crippen LogP contribution is -2.62. The number of aliphatic carboxylic acids is 1. The third kappa shape index (κ3) is 5.57. The molecule has 1 saturated carbocycles. The Bertz CT molecular complexity index is 1040. The van der Waals surface area contributed by atoms with Gasteiger partial charge in [-0.05, 0) is 29.6 Å². The zero-order valence-electron chi connectivity index (χ0n) is 21.9. The van der Waals surface area contributed by atoms with Crippen LogP contribution < -0.4 is 10.6 Å². The van der Waals surface area contributed by atoms with E-state index in [1.807, 2.05) is 20.8 Å². The number of hydrogen-bond donors (Lipinski definition) is 3. The van der Waals surface area contributed by atoms with Crippen LogP contribution in [0.25, 0.3) is 0 Å². The first-order valence-electron chi connectivity index (χ1n) is 12.2. The molecule has 1 aromatic heterocycles. The lowest BCUT2D eigenvalue weighted by molar-refractivity contribution is -0.152. The van der Waals surface area contributed by atoms with E-state index in [1.54, 1.807) is 20.8 Å². The van der Waals surface area contributed by atoms with Gasteiger partial charge in [0.05, 0.1) is 6.20 Å². The summed E-state index contributed by atoms with van der Waals surface area (Å²) < 4.78 is 0. The minimum absolute atomic E-state index is 0.0556. The minimum atomic E-state index is -1.05. The fourth-order valence-corrected chi connectivity index (χ4v) is 5.12. The number of hydrogen-bond acceptors (Lipinski definition) is 6. The topological polar surface area (TPSA) is 142 Å². The molecular formula is C26H37N5O5. The molecule has 3 rings (SSSR count). The Morgan fingerprint density at radius 1 is 1.06 bits per heavy atom. The van der Waals surface area contributed by atoms with Gasteiger partial charge in [0.15, 0.2) is 0 Å². The molecule has 0 unspecified atom stereocenters. The molecule has 1 aromatic rings. The molecule has 196 valence electrons. The van der Waals surface area contributed by atoms with Crippen LogP contribution in [-0.4, -0.2) is 68.3 Å². The molecule has 3 amide bonds. The number of carbonyl (C=O) groups is 4. The second-order valence-corrected chi connectivity index (χ2v) is 11.9. The fourth-order valence-electron chi connectivity index (χ4n) is 5.12. The molecule has 3 N–H and O–H groups in total. The van der Waals surface area contributed by atoms with Gasteiger partial charge in [0.25, 0.3) is 5.91 Å². The highest BCUT2D eigenvalue weighted by atomic mass is 16.4. The van der Waals surface area contributed by atoms with Crippen LogP contribution in [0.15, 0.2) is 30.7 Å². The van der Waals surface area contributed by atoms with E-state index in [-0.39, 0.29) is 24.1 Å². The first kappa shape index (κ1) is 27.3. The largest absolute Gasteiger partial charge is 0.480 e. The Balaban J connectivity index is 1.85. The van der Waals surface area contributed by atoms with Crippen molar-refractivity contribution in [3.05, 3.63) is 36.4 Å². The van der Waals surface area contributed by atoms with Gasteiger partial charge in [-0.25, -0.2) is 9.78 Å². The monoisotopic (exact) mass is 499 g/mol. The Morgan fingerprint density at radius 3 is 2.22 bits per heavy atom. The van der Waals surface area contributed by atoms with Gasteiger partial charge < -0.3 is 20.6 Å². The molecule has 1 aliphatic heterocycles. The molecule has 0 spiro atoms. The standard InChI is InChI=1S/C26H37N5O5/c1-14-8-9-15-16(14)13-31(18(15)24(35)36)23(34)20(26(5,6)7)30-22(33)19(25(2,3)4)29-21(32)17-12-27-10-11-28-17/h10-12,15-16,18-20H,1,8-9,13H2,2-7H3,(H,29,32)(H,30,33)(H,35,36)/t15-,16+,18-,19+,20+/m0/s1. The highest BCUT2D eigenvalue weighted by Gasteiger charge is 2.53. The summed E-state index contributed by atoms with van der Waals surface area (Å²) in [5.41, 5.74) is -0.380. The lowest BCUT2D eigenvalue weighted by Gasteiger charge is -2.38. The van der Waals surface area contributed by atoms with Crippen LogP contribution in [0.2, 0.25) is 0 Å². The predicted molar refractivity (Wildman–Crippen MR) is 133 cm³/mol. The third-order valence-electron chi connectivity index (χ3n) is 7.11. The molecule has 0 radical (unpaired) electrons. The molecule has 2 aliphatic rings. The van der Waals surface area contributed by atoms with Crippen LogP contribution in [0.1, 0.15) is 64.9 Å². The summed E-state index contributed by atoms with van der Waals surface area (Å²) in [6.07, 6.45) is 5.57. The second kappa shape index (κ2) is 9.99. The maximum absolute atomic E-state index is 13.8. The van der Waals surface area contributed by atoms with Crippen molar-refractivity contribution in [2.45, 2.75) is 72.5 Å². The van der Waals surface area contributed by atoms with Crippen LogP contribution in [0.3, 0.4) is 0 Å². The predicted octanol–water partition coefficient (Wildman–Crippen LogP) is 2.03. The Morgan fingerprint density at radius 2 is 1.69 bits per heavy atom. The molecule has 0 aromatic carbocycles. The van der Waals surface area contributed by atoms with Crippen LogP contribution in [0, 0.1) is 22.7 Å². The van der Waals surface area contributed by atoms with Crippen molar-refractivity contribution in [3.63, 3.8) is 0 Å². The number of rotatable bonds is 6.